The minimum atomic E-state index is -2.93. The van der Waals surface area contributed by atoms with Crippen LogP contribution in [0, 0.1) is 0 Å². The Balaban J connectivity index is 1.70. The zero-order chi connectivity index (χ0) is 20.1. The SMILES string of the molecule is CCOc1cc(CN(C)C(=O)Cc2c[nH]c3ccccc23)ccc1OC(F)F. The molecule has 3 aromatic rings. The lowest BCUT2D eigenvalue weighted by Gasteiger charge is -2.19. The third-order valence-electron chi connectivity index (χ3n) is 4.39. The van der Waals surface area contributed by atoms with Crippen LogP contribution < -0.4 is 9.47 Å². The summed E-state index contributed by atoms with van der Waals surface area (Å²) in [5.74, 6) is 0.168. The summed E-state index contributed by atoms with van der Waals surface area (Å²) in [6.07, 6.45) is 2.12. The Kier molecular flexibility index (Phi) is 6.13. The number of hydrogen-bond acceptors (Lipinski definition) is 3. The van der Waals surface area contributed by atoms with Gasteiger partial charge < -0.3 is 19.4 Å². The Bertz CT molecular complexity index is 956. The summed E-state index contributed by atoms with van der Waals surface area (Å²) in [5, 5.41) is 1.02. The molecule has 0 aliphatic carbocycles. The van der Waals surface area contributed by atoms with Gasteiger partial charge in [0.15, 0.2) is 11.5 Å². The van der Waals surface area contributed by atoms with Crippen molar-refractivity contribution < 1.29 is 23.0 Å². The van der Waals surface area contributed by atoms with Crippen LogP contribution in [0.2, 0.25) is 0 Å². The predicted molar refractivity (Wildman–Crippen MR) is 103 cm³/mol. The quantitative estimate of drug-likeness (QED) is 0.624. The van der Waals surface area contributed by atoms with E-state index < -0.39 is 6.61 Å². The van der Waals surface area contributed by atoms with E-state index in [0.717, 1.165) is 22.0 Å². The van der Waals surface area contributed by atoms with Crippen LogP contribution in [-0.4, -0.2) is 36.1 Å². The van der Waals surface area contributed by atoms with E-state index in [0.29, 0.717) is 13.2 Å². The van der Waals surface area contributed by atoms with Gasteiger partial charge in [-0.15, -0.1) is 0 Å². The second-order valence-corrected chi connectivity index (χ2v) is 6.38. The van der Waals surface area contributed by atoms with Gasteiger partial charge in [0.05, 0.1) is 13.0 Å². The second kappa shape index (κ2) is 8.73. The maximum Gasteiger partial charge on any atom is 0.387 e. The molecule has 0 spiro atoms. The number of likely N-dealkylation sites (N-methyl/N-ethyl adjacent to an activating group) is 1. The van der Waals surface area contributed by atoms with Crippen LogP contribution >= 0.6 is 0 Å². The number of nitrogens with one attached hydrogen (secondary N) is 1. The first-order chi connectivity index (χ1) is 13.5. The molecule has 0 saturated heterocycles. The summed E-state index contributed by atoms with van der Waals surface area (Å²) in [4.78, 5) is 17.4. The third kappa shape index (κ3) is 4.60. The molecule has 0 radical (unpaired) electrons. The monoisotopic (exact) mass is 388 g/mol. The van der Waals surface area contributed by atoms with E-state index >= 15 is 0 Å². The number of halogens is 2. The Hall–Kier alpha value is -3.09. The normalized spacial score (nSPS) is 11.0. The van der Waals surface area contributed by atoms with Gasteiger partial charge in [-0.05, 0) is 36.2 Å². The van der Waals surface area contributed by atoms with Crippen LogP contribution in [0.25, 0.3) is 10.9 Å². The molecule has 0 bridgehead atoms. The number of hydrogen-bond donors (Lipinski definition) is 1. The van der Waals surface area contributed by atoms with Crippen molar-refractivity contribution in [3.05, 3.63) is 59.8 Å². The molecular weight excluding hydrogens is 366 g/mol. The summed E-state index contributed by atoms with van der Waals surface area (Å²) in [5.41, 5.74) is 2.69. The highest BCUT2D eigenvalue weighted by Crippen LogP contribution is 2.30. The summed E-state index contributed by atoms with van der Waals surface area (Å²) < 4.78 is 34.9. The lowest BCUT2D eigenvalue weighted by atomic mass is 10.1. The number of carbonyl (C=O) groups excluding carboxylic acids is 1. The Morgan fingerprint density at radius 3 is 2.71 bits per heavy atom. The molecule has 148 valence electrons. The van der Waals surface area contributed by atoms with E-state index in [2.05, 4.69) is 9.72 Å². The Labute approximate surface area is 161 Å². The molecule has 1 N–H and O–H groups in total. The molecule has 0 atom stereocenters. The number of aromatic nitrogens is 1. The summed E-state index contributed by atoms with van der Waals surface area (Å²) in [7, 11) is 1.71. The molecule has 0 aliphatic heterocycles. The lowest BCUT2D eigenvalue weighted by Crippen LogP contribution is -2.27. The fraction of sp³-hybridized carbons (Fsp3) is 0.286. The minimum Gasteiger partial charge on any atom is -0.490 e. The molecular formula is C21H22F2N2O3. The van der Waals surface area contributed by atoms with Crippen molar-refractivity contribution in [3.8, 4) is 11.5 Å². The van der Waals surface area contributed by atoms with Gasteiger partial charge in [-0.25, -0.2) is 0 Å². The maximum absolute atomic E-state index is 12.6. The average molecular weight is 388 g/mol. The van der Waals surface area contributed by atoms with Crippen LogP contribution in [0.5, 0.6) is 11.5 Å². The minimum absolute atomic E-state index is 0.0200. The van der Waals surface area contributed by atoms with Crippen molar-refractivity contribution in [1.82, 2.24) is 9.88 Å². The predicted octanol–water partition coefficient (Wildman–Crippen LogP) is 4.37. The topological polar surface area (TPSA) is 54.6 Å². The van der Waals surface area contributed by atoms with Gasteiger partial charge in [0, 0.05) is 30.7 Å². The first kappa shape index (κ1) is 19.7. The van der Waals surface area contributed by atoms with Gasteiger partial charge in [-0.2, -0.15) is 8.78 Å². The first-order valence-corrected chi connectivity index (χ1v) is 8.97. The van der Waals surface area contributed by atoms with E-state index in [-0.39, 0.29) is 23.8 Å². The molecule has 3 rings (SSSR count). The van der Waals surface area contributed by atoms with Crippen LogP contribution in [0.15, 0.2) is 48.7 Å². The van der Waals surface area contributed by atoms with Crippen LogP contribution in [0.1, 0.15) is 18.1 Å². The fourth-order valence-corrected chi connectivity index (χ4v) is 3.05. The molecule has 0 saturated carbocycles. The standard InChI is InChI=1S/C21H22F2N2O3/c1-3-27-19-10-14(8-9-18(19)28-21(22)23)13-25(2)20(26)11-15-12-24-17-7-5-4-6-16(15)17/h4-10,12,21,24H,3,11,13H2,1-2H3. The van der Waals surface area contributed by atoms with Crippen molar-refractivity contribution in [2.75, 3.05) is 13.7 Å². The summed E-state index contributed by atoms with van der Waals surface area (Å²) in [6.45, 7) is -0.518. The number of H-pyrrole nitrogens is 1. The van der Waals surface area contributed by atoms with E-state index in [9.17, 15) is 13.6 Å². The molecule has 7 heteroatoms. The van der Waals surface area contributed by atoms with E-state index in [1.807, 2.05) is 30.5 Å². The number of alkyl halides is 2. The largest absolute Gasteiger partial charge is 0.490 e. The number of carbonyl (C=O) groups is 1. The first-order valence-electron chi connectivity index (χ1n) is 8.97. The average Bonchev–Trinajstić information content (AvgIpc) is 3.06. The van der Waals surface area contributed by atoms with Gasteiger partial charge >= 0.3 is 6.61 Å². The number of aromatic amines is 1. The molecule has 5 nitrogen and oxygen atoms in total. The smallest absolute Gasteiger partial charge is 0.387 e. The molecule has 1 heterocycles. The summed E-state index contributed by atoms with van der Waals surface area (Å²) >= 11 is 0. The molecule has 0 aliphatic rings. The number of benzene rings is 2. The highest BCUT2D eigenvalue weighted by molar-refractivity contribution is 5.88. The number of nitrogens with zero attached hydrogens (tertiary/aromatic N) is 1. The zero-order valence-corrected chi connectivity index (χ0v) is 15.7. The van der Waals surface area contributed by atoms with Gasteiger partial charge in [0.25, 0.3) is 0 Å². The molecule has 0 unspecified atom stereocenters. The highest BCUT2D eigenvalue weighted by Gasteiger charge is 2.16. The van der Waals surface area contributed by atoms with Gasteiger partial charge in [0.1, 0.15) is 0 Å². The molecule has 28 heavy (non-hydrogen) atoms. The van der Waals surface area contributed by atoms with Crippen molar-refractivity contribution in [2.45, 2.75) is 26.5 Å². The highest BCUT2D eigenvalue weighted by atomic mass is 19.3. The van der Waals surface area contributed by atoms with Gasteiger partial charge in [0.2, 0.25) is 5.91 Å². The summed E-state index contributed by atoms with van der Waals surface area (Å²) in [6, 6.07) is 12.5. The number of amides is 1. The number of ether oxygens (including phenoxy) is 2. The maximum atomic E-state index is 12.6. The van der Waals surface area contributed by atoms with Gasteiger partial charge in [-0.1, -0.05) is 24.3 Å². The molecule has 1 aromatic heterocycles. The number of para-hydroxylation sites is 1. The molecule has 2 aromatic carbocycles. The van der Waals surface area contributed by atoms with E-state index in [1.54, 1.807) is 31.0 Å². The van der Waals surface area contributed by atoms with E-state index in [4.69, 9.17) is 4.74 Å². The number of fused-ring (bicyclic) bond motifs is 1. The van der Waals surface area contributed by atoms with Crippen molar-refractivity contribution in [3.63, 3.8) is 0 Å². The van der Waals surface area contributed by atoms with Crippen LogP contribution in [0.3, 0.4) is 0 Å². The fourth-order valence-electron chi connectivity index (χ4n) is 3.05. The van der Waals surface area contributed by atoms with Crippen molar-refractivity contribution in [2.24, 2.45) is 0 Å². The van der Waals surface area contributed by atoms with Crippen LogP contribution in [-0.2, 0) is 17.8 Å². The van der Waals surface area contributed by atoms with Gasteiger partial charge in [-0.3, -0.25) is 4.79 Å². The molecule has 1 amide bonds. The Morgan fingerprint density at radius 2 is 1.96 bits per heavy atom. The van der Waals surface area contributed by atoms with Crippen molar-refractivity contribution in [1.29, 1.82) is 0 Å². The zero-order valence-electron chi connectivity index (χ0n) is 15.7. The third-order valence-corrected chi connectivity index (χ3v) is 4.39. The van der Waals surface area contributed by atoms with Crippen molar-refractivity contribution >= 4 is 16.8 Å². The number of rotatable bonds is 8. The van der Waals surface area contributed by atoms with E-state index in [1.165, 1.54) is 6.07 Å². The molecule has 0 fully saturated rings. The lowest BCUT2D eigenvalue weighted by molar-refractivity contribution is -0.129. The second-order valence-electron chi connectivity index (χ2n) is 6.38. The van der Waals surface area contributed by atoms with Crippen LogP contribution in [0.4, 0.5) is 8.78 Å². The Morgan fingerprint density at radius 1 is 1.18 bits per heavy atom.